The molecule has 5 heteroatoms. The van der Waals surface area contributed by atoms with E-state index in [1.165, 1.54) is 12.3 Å². The molecule has 0 atom stereocenters. The number of hydrogen-bond donors (Lipinski definition) is 1. The molecular weight excluding hydrogens is 229 g/mol. The first kappa shape index (κ1) is 12.4. The average Bonchev–Trinajstić information content (AvgIpc) is 2.31. The Kier molecular flexibility index (Phi) is 3.12. The minimum Gasteiger partial charge on any atom is -0.310 e. The van der Waals surface area contributed by atoms with E-state index in [1.54, 1.807) is 13.1 Å². The minimum atomic E-state index is -2.58. The highest BCUT2D eigenvalue weighted by Gasteiger charge is 2.43. The second kappa shape index (κ2) is 4.29. The van der Waals surface area contributed by atoms with Crippen LogP contribution in [-0.4, -0.2) is 18.0 Å². The number of aromatic nitrogens is 1. The Labute approximate surface area is 98.2 Å². The van der Waals surface area contributed by atoms with E-state index in [0.29, 0.717) is 12.8 Å². The molecule has 0 unspecified atom stereocenters. The smallest absolute Gasteiger partial charge is 0.248 e. The van der Waals surface area contributed by atoms with E-state index < -0.39 is 17.4 Å². The third-order valence-corrected chi connectivity index (χ3v) is 3.59. The molecule has 0 aromatic carbocycles. The lowest BCUT2D eigenvalue weighted by Crippen LogP contribution is -2.45. The third-order valence-electron chi connectivity index (χ3n) is 3.59. The maximum absolute atomic E-state index is 13.2. The molecule has 1 aromatic heterocycles. The predicted molar refractivity (Wildman–Crippen MR) is 58.3 cm³/mol. The van der Waals surface area contributed by atoms with Gasteiger partial charge in [0.05, 0.1) is 0 Å². The summed E-state index contributed by atoms with van der Waals surface area (Å²) in [5.41, 5.74) is 0.277. The fourth-order valence-electron chi connectivity index (χ4n) is 2.38. The highest BCUT2D eigenvalue weighted by molar-refractivity contribution is 5.22. The molecule has 2 rings (SSSR count). The van der Waals surface area contributed by atoms with Gasteiger partial charge in [-0.3, -0.25) is 0 Å². The predicted octanol–water partition coefficient (Wildman–Crippen LogP) is 2.84. The molecule has 0 radical (unpaired) electrons. The first-order valence-electron chi connectivity index (χ1n) is 5.66. The molecular formula is C12H15F3N2. The van der Waals surface area contributed by atoms with Gasteiger partial charge in [0.1, 0.15) is 0 Å². The highest BCUT2D eigenvalue weighted by Crippen LogP contribution is 2.43. The van der Waals surface area contributed by atoms with E-state index in [2.05, 4.69) is 10.3 Å². The van der Waals surface area contributed by atoms with E-state index in [-0.39, 0.29) is 12.8 Å². The Morgan fingerprint density at radius 3 is 2.29 bits per heavy atom. The second-order valence-corrected chi connectivity index (χ2v) is 4.56. The van der Waals surface area contributed by atoms with Crippen LogP contribution in [0.2, 0.25) is 0 Å². The maximum Gasteiger partial charge on any atom is 0.248 e. The molecule has 94 valence electrons. The van der Waals surface area contributed by atoms with Crippen LogP contribution < -0.4 is 5.32 Å². The molecule has 0 aliphatic heterocycles. The summed E-state index contributed by atoms with van der Waals surface area (Å²) in [6.45, 7) is 0. The van der Waals surface area contributed by atoms with Crippen molar-refractivity contribution in [1.29, 1.82) is 0 Å². The molecule has 1 aliphatic rings. The van der Waals surface area contributed by atoms with E-state index in [1.807, 2.05) is 0 Å². The lowest BCUT2D eigenvalue weighted by molar-refractivity contribution is -0.0560. The molecule has 2 nitrogen and oxygen atoms in total. The van der Waals surface area contributed by atoms with Gasteiger partial charge < -0.3 is 5.32 Å². The molecule has 1 aliphatic carbocycles. The van der Waals surface area contributed by atoms with Crippen molar-refractivity contribution >= 4 is 0 Å². The topological polar surface area (TPSA) is 24.9 Å². The zero-order valence-corrected chi connectivity index (χ0v) is 9.64. The molecule has 0 saturated heterocycles. The van der Waals surface area contributed by atoms with Crippen molar-refractivity contribution in [2.75, 3.05) is 7.05 Å². The van der Waals surface area contributed by atoms with Crippen molar-refractivity contribution < 1.29 is 13.2 Å². The van der Waals surface area contributed by atoms with Crippen LogP contribution in [0.25, 0.3) is 0 Å². The molecule has 17 heavy (non-hydrogen) atoms. The van der Waals surface area contributed by atoms with E-state index in [4.69, 9.17) is 0 Å². The van der Waals surface area contributed by atoms with Crippen LogP contribution in [0.3, 0.4) is 0 Å². The molecule has 0 spiro atoms. The lowest BCUT2D eigenvalue weighted by atomic mass is 9.76. The Bertz CT molecular complexity index is 379. The van der Waals surface area contributed by atoms with Crippen LogP contribution >= 0.6 is 0 Å². The van der Waals surface area contributed by atoms with Crippen LogP contribution in [-0.2, 0) is 5.54 Å². The summed E-state index contributed by atoms with van der Waals surface area (Å²) in [6.07, 6.45) is 1.80. The van der Waals surface area contributed by atoms with Gasteiger partial charge in [0.15, 0.2) is 0 Å². The Hall–Kier alpha value is -1.10. The van der Waals surface area contributed by atoms with Crippen molar-refractivity contribution in [2.24, 2.45) is 0 Å². The maximum atomic E-state index is 13.2. The Morgan fingerprint density at radius 2 is 1.82 bits per heavy atom. The Morgan fingerprint density at radius 1 is 1.18 bits per heavy atom. The van der Waals surface area contributed by atoms with Crippen LogP contribution in [0.1, 0.15) is 31.2 Å². The number of nitrogens with zero attached hydrogens (tertiary/aromatic N) is 1. The van der Waals surface area contributed by atoms with Gasteiger partial charge >= 0.3 is 0 Å². The van der Waals surface area contributed by atoms with Crippen LogP contribution in [0.15, 0.2) is 18.3 Å². The zero-order valence-electron chi connectivity index (χ0n) is 9.64. The van der Waals surface area contributed by atoms with E-state index in [0.717, 1.165) is 5.56 Å². The van der Waals surface area contributed by atoms with Crippen molar-refractivity contribution in [1.82, 2.24) is 10.3 Å². The van der Waals surface area contributed by atoms with E-state index >= 15 is 0 Å². The summed E-state index contributed by atoms with van der Waals surface area (Å²) in [6, 6.07) is 2.88. The molecule has 1 aromatic rings. The summed E-state index contributed by atoms with van der Waals surface area (Å²) in [7, 11) is 1.74. The average molecular weight is 244 g/mol. The zero-order chi connectivity index (χ0) is 12.5. The molecule has 0 bridgehead atoms. The van der Waals surface area contributed by atoms with Gasteiger partial charge in [-0.15, -0.1) is 0 Å². The summed E-state index contributed by atoms with van der Waals surface area (Å²) in [4.78, 5) is 3.59. The highest BCUT2D eigenvalue weighted by atomic mass is 19.3. The van der Waals surface area contributed by atoms with Gasteiger partial charge in [0.25, 0.3) is 0 Å². The third kappa shape index (κ3) is 2.44. The lowest BCUT2D eigenvalue weighted by Gasteiger charge is -2.40. The monoisotopic (exact) mass is 244 g/mol. The van der Waals surface area contributed by atoms with Gasteiger partial charge in [-0.2, -0.15) is 4.39 Å². The quantitative estimate of drug-likeness (QED) is 0.809. The van der Waals surface area contributed by atoms with Crippen LogP contribution in [0.4, 0.5) is 13.2 Å². The molecule has 0 amide bonds. The molecule has 1 N–H and O–H groups in total. The van der Waals surface area contributed by atoms with Crippen molar-refractivity contribution in [3.63, 3.8) is 0 Å². The summed E-state index contributed by atoms with van der Waals surface area (Å²) in [5.74, 6) is -3.13. The fraction of sp³-hybridized carbons (Fsp3) is 0.583. The Balaban J connectivity index is 2.24. The standard InChI is InChI=1S/C12H15F3N2/c1-16-11(4-6-12(14,15)7-5-11)9-2-3-10(13)17-8-9/h2-3,8,16H,4-7H2,1H3. The van der Waals surface area contributed by atoms with Gasteiger partial charge in [-0.1, -0.05) is 6.07 Å². The summed E-state index contributed by atoms with van der Waals surface area (Å²) in [5, 5.41) is 3.10. The number of hydrogen-bond acceptors (Lipinski definition) is 2. The van der Waals surface area contributed by atoms with Gasteiger partial charge in [0, 0.05) is 24.6 Å². The normalized spacial score (nSPS) is 22.4. The van der Waals surface area contributed by atoms with Gasteiger partial charge in [-0.25, -0.2) is 13.8 Å². The largest absolute Gasteiger partial charge is 0.310 e. The van der Waals surface area contributed by atoms with Gasteiger partial charge in [0.2, 0.25) is 11.9 Å². The first-order valence-corrected chi connectivity index (χ1v) is 5.66. The molecule has 1 fully saturated rings. The number of pyridine rings is 1. The summed E-state index contributed by atoms with van der Waals surface area (Å²) < 4.78 is 39.1. The SMILES string of the molecule is CNC1(c2ccc(F)nc2)CCC(F)(F)CC1. The number of nitrogens with one attached hydrogen (secondary N) is 1. The number of alkyl halides is 2. The van der Waals surface area contributed by atoms with Crippen LogP contribution in [0.5, 0.6) is 0 Å². The van der Waals surface area contributed by atoms with Crippen LogP contribution in [0, 0.1) is 5.95 Å². The first-order chi connectivity index (χ1) is 7.97. The van der Waals surface area contributed by atoms with Gasteiger partial charge in [-0.05, 0) is 31.5 Å². The summed E-state index contributed by atoms with van der Waals surface area (Å²) >= 11 is 0. The van der Waals surface area contributed by atoms with Crippen molar-refractivity contribution in [3.8, 4) is 0 Å². The van der Waals surface area contributed by atoms with E-state index in [9.17, 15) is 13.2 Å². The van der Waals surface area contributed by atoms with Crippen molar-refractivity contribution in [3.05, 3.63) is 29.8 Å². The fourth-order valence-corrected chi connectivity index (χ4v) is 2.38. The number of halogens is 3. The second-order valence-electron chi connectivity index (χ2n) is 4.56. The minimum absolute atomic E-state index is 0.148. The van der Waals surface area contributed by atoms with Crippen molar-refractivity contribution in [2.45, 2.75) is 37.1 Å². The molecule has 1 heterocycles. The molecule has 1 saturated carbocycles. The number of rotatable bonds is 2.